The van der Waals surface area contributed by atoms with E-state index in [0.29, 0.717) is 19.3 Å². The molecule has 2 fully saturated rings. The minimum atomic E-state index is 0.136. The fourth-order valence-electron chi connectivity index (χ4n) is 4.47. The van der Waals surface area contributed by atoms with Crippen molar-refractivity contribution in [1.82, 2.24) is 15.3 Å². The minimum Gasteiger partial charge on any atom is -0.374 e. The molecule has 6 heteroatoms. The molecule has 1 unspecified atom stereocenters. The van der Waals surface area contributed by atoms with Crippen molar-refractivity contribution in [2.24, 2.45) is 0 Å². The van der Waals surface area contributed by atoms with E-state index in [2.05, 4.69) is 10.6 Å². The van der Waals surface area contributed by atoms with Crippen LogP contribution >= 0.6 is 0 Å². The maximum Gasteiger partial charge on any atom is 0.156 e. The fourth-order valence-corrected chi connectivity index (χ4v) is 4.47. The maximum absolute atomic E-state index is 6.21. The lowest BCUT2D eigenvalue weighted by Gasteiger charge is -2.22. The lowest BCUT2D eigenvalue weighted by molar-refractivity contribution is 0.0103. The fraction of sp³-hybridized carbons (Fsp3) is 0.789. The molecule has 6 nitrogen and oxygen atoms in total. The van der Waals surface area contributed by atoms with E-state index >= 15 is 0 Å². The van der Waals surface area contributed by atoms with E-state index in [-0.39, 0.29) is 5.60 Å². The Bertz CT molecular complexity index is 601. The zero-order valence-corrected chi connectivity index (χ0v) is 15.3. The summed E-state index contributed by atoms with van der Waals surface area (Å²) < 4.78 is 11.8. The van der Waals surface area contributed by atoms with E-state index in [4.69, 9.17) is 19.4 Å². The summed E-state index contributed by atoms with van der Waals surface area (Å²) in [5.74, 6) is 1.80. The van der Waals surface area contributed by atoms with Crippen LogP contribution in [0.25, 0.3) is 0 Å². The number of fused-ring (bicyclic) bond motifs is 1. The number of nitrogens with zero attached hydrogens (tertiary/aromatic N) is 2. The van der Waals surface area contributed by atoms with Gasteiger partial charge in [0, 0.05) is 25.1 Å². The molecule has 1 spiro atoms. The van der Waals surface area contributed by atoms with Gasteiger partial charge >= 0.3 is 0 Å². The highest BCUT2D eigenvalue weighted by Gasteiger charge is 2.42. The standard InChI is InChI=1S/C19H30N4O2/c1-2-24-13-17-22-16-6-10-20-9-5-15(16)18(23-17)21-14-11-19(25-12-14)7-3-4-8-19/h14,20H,2-13H2,1H3,(H,21,22,23). The van der Waals surface area contributed by atoms with Crippen LogP contribution in [-0.4, -0.2) is 47.9 Å². The van der Waals surface area contributed by atoms with Crippen molar-refractivity contribution >= 4 is 5.82 Å². The maximum atomic E-state index is 6.21. The summed E-state index contributed by atoms with van der Waals surface area (Å²) in [5.41, 5.74) is 2.58. The van der Waals surface area contributed by atoms with Gasteiger partial charge in [0.1, 0.15) is 12.4 Å². The van der Waals surface area contributed by atoms with Crippen LogP contribution in [0.3, 0.4) is 0 Å². The lowest BCUT2D eigenvalue weighted by Crippen LogP contribution is -2.26. The van der Waals surface area contributed by atoms with Crippen LogP contribution in [-0.2, 0) is 28.9 Å². The molecular formula is C19H30N4O2. The molecule has 1 saturated heterocycles. The Morgan fingerprint density at radius 1 is 1.24 bits per heavy atom. The van der Waals surface area contributed by atoms with Gasteiger partial charge in [0.05, 0.1) is 23.9 Å². The van der Waals surface area contributed by atoms with Crippen molar-refractivity contribution < 1.29 is 9.47 Å². The second-order valence-electron chi connectivity index (χ2n) is 7.55. The molecule has 0 aromatic carbocycles. The van der Waals surface area contributed by atoms with Gasteiger partial charge in [-0.1, -0.05) is 12.8 Å². The molecule has 25 heavy (non-hydrogen) atoms. The number of rotatable bonds is 5. The van der Waals surface area contributed by atoms with Crippen molar-refractivity contribution in [2.45, 2.75) is 70.1 Å². The largest absolute Gasteiger partial charge is 0.374 e. The molecule has 0 amide bonds. The van der Waals surface area contributed by atoms with Gasteiger partial charge in [-0.2, -0.15) is 0 Å². The summed E-state index contributed by atoms with van der Waals surface area (Å²) in [5, 5.41) is 7.17. The summed E-state index contributed by atoms with van der Waals surface area (Å²) in [6.07, 6.45) is 8.08. The van der Waals surface area contributed by atoms with Gasteiger partial charge in [-0.25, -0.2) is 9.97 Å². The third-order valence-corrected chi connectivity index (χ3v) is 5.73. The second-order valence-corrected chi connectivity index (χ2v) is 7.55. The molecule has 1 aromatic rings. The normalized spacial score (nSPS) is 25.1. The molecule has 1 saturated carbocycles. The van der Waals surface area contributed by atoms with Gasteiger partial charge in [0.2, 0.25) is 0 Å². The smallest absolute Gasteiger partial charge is 0.156 e. The molecular weight excluding hydrogens is 316 g/mol. The molecule has 2 aliphatic heterocycles. The van der Waals surface area contributed by atoms with Crippen molar-refractivity contribution in [1.29, 1.82) is 0 Å². The van der Waals surface area contributed by atoms with Crippen LogP contribution in [0.5, 0.6) is 0 Å². The molecule has 3 heterocycles. The Labute approximate surface area is 150 Å². The van der Waals surface area contributed by atoms with E-state index < -0.39 is 0 Å². The van der Waals surface area contributed by atoms with Gasteiger partial charge in [0.25, 0.3) is 0 Å². The average molecular weight is 346 g/mol. The number of ether oxygens (including phenoxy) is 2. The van der Waals surface area contributed by atoms with Crippen LogP contribution in [0.4, 0.5) is 5.82 Å². The van der Waals surface area contributed by atoms with Gasteiger partial charge in [-0.3, -0.25) is 0 Å². The Kier molecular flexibility index (Phi) is 5.20. The number of anilines is 1. The zero-order valence-electron chi connectivity index (χ0n) is 15.3. The first-order chi connectivity index (χ1) is 12.3. The molecule has 0 bridgehead atoms. The third-order valence-electron chi connectivity index (χ3n) is 5.73. The summed E-state index contributed by atoms with van der Waals surface area (Å²) >= 11 is 0. The predicted octanol–water partition coefficient (Wildman–Crippen LogP) is 2.21. The van der Waals surface area contributed by atoms with Crippen LogP contribution in [0.15, 0.2) is 0 Å². The van der Waals surface area contributed by atoms with Crippen molar-refractivity contribution in [2.75, 3.05) is 31.6 Å². The van der Waals surface area contributed by atoms with Gasteiger partial charge in [0.15, 0.2) is 5.82 Å². The zero-order chi connectivity index (χ0) is 17.1. The summed E-state index contributed by atoms with van der Waals surface area (Å²) in [4.78, 5) is 9.58. The summed E-state index contributed by atoms with van der Waals surface area (Å²) in [6, 6.07) is 0.355. The predicted molar refractivity (Wildman–Crippen MR) is 96.8 cm³/mol. The number of hydrogen-bond donors (Lipinski definition) is 2. The summed E-state index contributed by atoms with van der Waals surface area (Å²) in [6.45, 7) is 5.93. The Hall–Kier alpha value is -1.24. The highest BCUT2D eigenvalue weighted by Crippen LogP contribution is 2.41. The minimum absolute atomic E-state index is 0.136. The van der Waals surface area contributed by atoms with E-state index in [1.54, 1.807) is 0 Å². The molecule has 1 aromatic heterocycles. The van der Waals surface area contributed by atoms with E-state index in [1.165, 1.54) is 36.9 Å². The van der Waals surface area contributed by atoms with Gasteiger partial charge < -0.3 is 20.1 Å². The summed E-state index contributed by atoms with van der Waals surface area (Å²) in [7, 11) is 0. The lowest BCUT2D eigenvalue weighted by atomic mass is 9.96. The molecule has 138 valence electrons. The molecule has 0 radical (unpaired) electrons. The molecule has 1 atom stereocenters. The Morgan fingerprint density at radius 2 is 2.08 bits per heavy atom. The highest BCUT2D eigenvalue weighted by atomic mass is 16.5. The van der Waals surface area contributed by atoms with E-state index in [1.807, 2.05) is 6.92 Å². The number of hydrogen-bond acceptors (Lipinski definition) is 6. The van der Waals surface area contributed by atoms with Crippen molar-refractivity contribution in [3.63, 3.8) is 0 Å². The first-order valence-corrected chi connectivity index (χ1v) is 9.86. The van der Waals surface area contributed by atoms with Gasteiger partial charge in [-0.05, 0) is 39.2 Å². The van der Waals surface area contributed by atoms with Crippen LogP contribution < -0.4 is 10.6 Å². The molecule has 3 aliphatic rings. The first kappa shape index (κ1) is 17.2. The van der Waals surface area contributed by atoms with Crippen LogP contribution in [0.1, 0.15) is 56.1 Å². The monoisotopic (exact) mass is 346 g/mol. The Balaban J connectivity index is 1.54. The van der Waals surface area contributed by atoms with Crippen molar-refractivity contribution in [3.05, 3.63) is 17.1 Å². The quantitative estimate of drug-likeness (QED) is 0.852. The SMILES string of the molecule is CCOCc1nc2c(c(NC3COC4(CCCC4)C3)n1)CCNCC2. The van der Waals surface area contributed by atoms with E-state index in [0.717, 1.165) is 50.6 Å². The topological polar surface area (TPSA) is 68.3 Å². The van der Waals surface area contributed by atoms with Gasteiger partial charge in [-0.15, -0.1) is 0 Å². The molecule has 1 aliphatic carbocycles. The van der Waals surface area contributed by atoms with Crippen molar-refractivity contribution in [3.8, 4) is 0 Å². The average Bonchev–Trinajstić information content (AvgIpc) is 3.16. The highest BCUT2D eigenvalue weighted by molar-refractivity contribution is 5.48. The Morgan fingerprint density at radius 3 is 2.92 bits per heavy atom. The van der Waals surface area contributed by atoms with Crippen LogP contribution in [0, 0.1) is 0 Å². The molecule has 2 N–H and O–H groups in total. The molecule has 4 rings (SSSR count). The number of aromatic nitrogens is 2. The van der Waals surface area contributed by atoms with E-state index in [9.17, 15) is 0 Å². The second kappa shape index (κ2) is 7.56. The number of nitrogens with one attached hydrogen (secondary N) is 2. The third kappa shape index (κ3) is 3.81. The van der Waals surface area contributed by atoms with Crippen LogP contribution in [0.2, 0.25) is 0 Å². The first-order valence-electron chi connectivity index (χ1n) is 9.86.